The Morgan fingerprint density at radius 1 is 1.08 bits per heavy atom. The lowest BCUT2D eigenvalue weighted by Gasteiger charge is -2.37. The number of ether oxygens (including phenoxy) is 2. The highest BCUT2D eigenvalue weighted by Crippen LogP contribution is 2.44. The number of nitrogens with one attached hydrogen (secondary N) is 1. The number of benzene rings is 1. The maximum Gasteiger partial charge on any atom is 0.231 e. The molecule has 6 heteroatoms. The molecule has 0 spiro atoms. The van der Waals surface area contributed by atoms with Crippen molar-refractivity contribution >= 4 is 17.3 Å². The van der Waals surface area contributed by atoms with Crippen LogP contribution in [-0.2, 0) is 6.54 Å². The Labute approximate surface area is 160 Å². The van der Waals surface area contributed by atoms with Crippen molar-refractivity contribution < 1.29 is 9.47 Å². The molecule has 0 aromatic heterocycles. The highest BCUT2D eigenvalue weighted by atomic mass is 32.1. The second kappa shape index (κ2) is 6.89. The first-order valence-corrected chi connectivity index (χ1v) is 10.3. The van der Waals surface area contributed by atoms with Crippen molar-refractivity contribution in [2.45, 2.75) is 38.3 Å². The normalized spacial score (nSPS) is 30.0. The van der Waals surface area contributed by atoms with Crippen LogP contribution in [0.4, 0.5) is 0 Å². The summed E-state index contributed by atoms with van der Waals surface area (Å²) in [5.74, 6) is 3.55. The number of fused-ring (bicyclic) bond motifs is 3. The van der Waals surface area contributed by atoms with Crippen LogP contribution in [0.25, 0.3) is 0 Å². The number of rotatable bonds is 3. The summed E-state index contributed by atoms with van der Waals surface area (Å²) in [4.78, 5) is 4.85. The Kier molecular flexibility index (Phi) is 4.41. The summed E-state index contributed by atoms with van der Waals surface area (Å²) in [5.41, 5.74) is 1.28. The van der Waals surface area contributed by atoms with Crippen molar-refractivity contribution in [1.82, 2.24) is 15.1 Å². The molecule has 3 atom stereocenters. The molecule has 2 heterocycles. The minimum Gasteiger partial charge on any atom is -0.454 e. The van der Waals surface area contributed by atoms with Crippen molar-refractivity contribution in [3.63, 3.8) is 0 Å². The highest BCUT2D eigenvalue weighted by Gasteiger charge is 2.40. The van der Waals surface area contributed by atoms with Crippen LogP contribution in [0.2, 0.25) is 0 Å². The van der Waals surface area contributed by atoms with Crippen LogP contribution < -0.4 is 14.8 Å². The molecule has 1 N–H and O–H groups in total. The van der Waals surface area contributed by atoms with Crippen molar-refractivity contribution in [2.24, 2.45) is 11.8 Å². The molecule has 1 saturated heterocycles. The molecule has 0 radical (unpaired) electrons. The van der Waals surface area contributed by atoms with E-state index in [4.69, 9.17) is 21.7 Å². The van der Waals surface area contributed by atoms with E-state index >= 15 is 0 Å². The van der Waals surface area contributed by atoms with E-state index in [2.05, 4.69) is 27.2 Å². The van der Waals surface area contributed by atoms with Crippen molar-refractivity contribution in [1.29, 1.82) is 0 Å². The molecule has 1 aromatic carbocycles. The fourth-order valence-corrected chi connectivity index (χ4v) is 5.41. The first kappa shape index (κ1) is 16.6. The monoisotopic (exact) mass is 373 g/mol. The molecular formula is C20H27N3O2S. The number of hydrogen-bond donors (Lipinski definition) is 1. The molecule has 2 aliphatic heterocycles. The van der Waals surface area contributed by atoms with Crippen LogP contribution in [-0.4, -0.2) is 53.9 Å². The minimum absolute atomic E-state index is 0.338. The van der Waals surface area contributed by atoms with Gasteiger partial charge in [0.25, 0.3) is 0 Å². The molecule has 4 aliphatic rings. The van der Waals surface area contributed by atoms with Gasteiger partial charge in [-0.05, 0) is 61.0 Å². The maximum atomic E-state index is 5.71. The minimum atomic E-state index is 0.338. The van der Waals surface area contributed by atoms with E-state index in [1.165, 1.54) is 31.2 Å². The van der Waals surface area contributed by atoms with Gasteiger partial charge in [0.05, 0.1) is 0 Å². The van der Waals surface area contributed by atoms with Gasteiger partial charge in [-0.25, -0.2) is 0 Å². The van der Waals surface area contributed by atoms with E-state index in [9.17, 15) is 0 Å². The largest absolute Gasteiger partial charge is 0.454 e. The summed E-state index contributed by atoms with van der Waals surface area (Å²) in [7, 11) is 0. The SMILES string of the molecule is S=C(N[C@@H]1C[C@H]2CC[C@H]1C2)N1CCN(Cc2ccc3c(c2)OCO3)CC1. The van der Waals surface area contributed by atoms with Gasteiger partial charge in [-0.15, -0.1) is 0 Å². The summed E-state index contributed by atoms with van der Waals surface area (Å²) in [6.07, 6.45) is 5.58. The van der Waals surface area contributed by atoms with Gasteiger partial charge in [0, 0.05) is 38.8 Å². The zero-order valence-electron chi connectivity index (χ0n) is 15.2. The Bertz CT molecular complexity index is 690. The van der Waals surface area contributed by atoms with Crippen LogP contribution in [0.1, 0.15) is 31.2 Å². The highest BCUT2D eigenvalue weighted by molar-refractivity contribution is 7.80. The van der Waals surface area contributed by atoms with E-state index in [-0.39, 0.29) is 0 Å². The smallest absolute Gasteiger partial charge is 0.231 e. The molecule has 0 amide bonds. The first-order valence-electron chi connectivity index (χ1n) is 9.91. The lowest BCUT2D eigenvalue weighted by molar-refractivity contribution is 0.171. The van der Waals surface area contributed by atoms with E-state index in [0.717, 1.165) is 61.2 Å². The van der Waals surface area contributed by atoms with E-state index in [1.54, 1.807) is 0 Å². The summed E-state index contributed by atoms with van der Waals surface area (Å²) in [5, 5.41) is 4.66. The summed E-state index contributed by atoms with van der Waals surface area (Å²) in [6.45, 7) is 5.41. The van der Waals surface area contributed by atoms with Crippen LogP contribution >= 0.6 is 12.2 Å². The van der Waals surface area contributed by atoms with Crippen molar-refractivity contribution in [3.05, 3.63) is 23.8 Å². The maximum absolute atomic E-state index is 5.71. The third kappa shape index (κ3) is 3.25. The fraction of sp³-hybridized carbons (Fsp3) is 0.650. The second-order valence-electron chi connectivity index (χ2n) is 8.18. The Balaban J connectivity index is 1.11. The topological polar surface area (TPSA) is 37.0 Å². The average Bonchev–Trinajstić information content (AvgIpc) is 3.38. The Morgan fingerprint density at radius 3 is 2.69 bits per heavy atom. The van der Waals surface area contributed by atoms with Gasteiger partial charge in [0.1, 0.15) is 0 Å². The molecule has 5 nitrogen and oxygen atoms in total. The average molecular weight is 374 g/mol. The number of thiocarbonyl (C=S) groups is 1. The summed E-state index contributed by atoms with van der Waals surface area (Å²) >= 11 is 5.71. The predicted octanol–water partition coefficient (Wildman–Crippen LogP) is 2.60. The molecule has 2 bridgehead atoms. The van der Waals surface area contributed by atoms with Gasteiger partial charge < -0.3 is 19.7 Å². The number of nitrogens with zero attached hydrogens (tertiary/aromatic N) is 2. The first-order chi connectivity index (χ1) is 12.7. The molecule has 0 unspecified atom stereocenters. The van der Waals surface area contributed by atoms with E-state index in [1.807, 2.05) is 6.07 Å². The zero-order chi connectivity index (χ0) is 17.5. The standard InChI is InChI=1S/C20H27N3O2S/c26-20(21-17-10-14-1-3-16(17)9-14)23-7-5-22(6-8-23)12-15-2-4-18-19(11-15)25-13-24-18/h2,4,11,14,16-17H,1,3,5-10,12-13H2,(H,21,26)/t14-,16-,17+/m0/s1. The second-order valence-corrected chi connectivity index (χ2v) is 8.57. The molecule has 26 heavy (non-hydrogen) atoms. The van der Waals surface area contributed by atoms with Gasteiger partial charge in [0.15, 0.2) is 16.6 Å². The molecule has 2 saturated carbocycles. The molecule has 2 aliphatic carbocycles. The molecule has 3 fully saturated rings. The fourth-order valence-electron chi connectivity index (χ4n) is 5.08. The van der Waals surface area contributed by atoms with Gasteiger partial charge in [-0.3, -0.25) is 4.90 Å². The lowest BCUT2D eigenvalue weighted by atomic mass is 9.95. The Hall–Kier alpha value is -1.53. The van der Waals surface area contributed by atoms with Crippen LogP contribution in [0.15, 0.2) is 18.2 Å². The van der Waals surface area contributed by atoms with Crippen LogP contribution in [0.3, 0.4) is 0 Å². The lowest BCUT2D eigenvalue weighted by Crippen LogP contribution is -2.53. The van der Waals surface area contributed by atoms with E-state index in [0.29, 0.717) is 12.8 Å². The third-order valence-electron chi connectivity index (χ3n) is 6.55. The van der Waals surface area contributed by atoms with Crippen molar-refractivity contribution in [2.75, 3.05) is 33.0 Å². The third-order valence-corrected chi connectivity index (χ3v) is 6.93. The van der Waals surface area contributed by atoms with Crippen LogP contribution in [0.5, 0.6) is 11.5 Å². The zero-order valence-corrected chi connectivity index (χ0v) is 16.0. The summed E-state index contributed by atoms with van der Waals surface area (Å²) < 4.78 is 10.9. The quantitative estimate of drug-likeness (QED) is 0.821. The van der Waals surface area contributed by atoms with Crippen LogP contribution in [0, 0.1) is 11.8 Å². The number of hydrogen-bond acceptors (Lipinski definition) is 4. The molecule has 5 rings (SSSR count). The van der Waals surface area contributed by atoms with Gasteiger partial charge in [-0.1, -0.05) is 12.5 Å². The Morgan fingerprint density at radius 2 is 1.92 bits per heavy atom. The molecule has 1 aromatic rings. The number of piperazine rings is 1. The molecular weight excluding hydrogens is 346 g/mol. The van der Waals surface area contributed by atoms with E-state index < -0.39 is 0 Å². The van der Waals surface area contributed by atoms with Gasteiger partial charge in [-0.2, -0.15) is 0 Å². The predicted molar refractivity (Wildman–Crippen MR) is 104 cm³/mol. The van der Waals surface area contributed by atoms with Gasteiger partial charge in [0.2, 0.25) is 6.79 Å². The summed E-state index contributed by atoms with van der Waals surface area (Å²) in [6, 6.07) is 6.90. The molecule has 140 valence electrons. The van der Waals surface area contributed by atoms with Crippen molar-refractivity contribution in [3.8, 4) is 11.5 Å². The van der Waals surface area contributed by atoms with Gasteiger partial charge >= 0.3 is 0 Å².